The van der Waals surface area contributed by atoms with E-state index < -0.39 is 0 Å². The molecule has 0 saturated heterocycles. The van der Waals surface area contributed by atoms with Crippen molar-refractivity contribution >= 4 is 5.82 Å². The van der Waals surface area contributed by atoms with Crippen molar-refractivity contribution in [2.75, 3.05) is 12.3 Å². The molecule has 0 unspecified atom stereocenters. The highest BCUT2D eigenvalue weighted by molar-refractivity contribution is 5.72. The maximum Gasteiger partial charge on any atom is 0.131 e. The van der Waals surface area contributed by atoms with E-state index in [1.54, 1.807) is 0 Å². The van der Waals surface area contributed by atoms with Crippen molar-refractivity contribution in [3.63, 3.8) is 0 Å². The Balaban J connectivity index is 1.82. The first-order valence-electron chi connectivity index (χ1n) is 6.94. The van der Waals surface area contributed by atoms with Crippen molar-refractivity contribution in [2.24, 2.45) is 0 Å². The Hall–Kier alpha value is -1.97. The maximum absolute atomic E-state index is 6.27. The zero-order chi connectivity index (χ0) is 12.8. The van der Waals surface area contributed by atoms with Crippen molar-refractivity contribution in [3.8, 4) is 17.0 Å². The van der Waals surface area contributed by atoms with Crippen LogP contribution < -0.4 is 10.5 Å². The van der Waals surface area contributed by atoms with Crippen molar-refractivity contribution < 1.29 is 4.74 Å². The SMILES string of the molecule is Nc1c(-c2ccc3c(c2)CCO3)nc2n1CCCC2. The van der Waals surface area contributed by atoms with Gasteiger partial charge >= 0.3 is 0 Å². The summed E-state index contributed by atoms with van der Waals surface area (Å²) in [7, 11) is 0. The number of nitrogens with zero attached hydrogens (tertiary/aromatic N) is 2. The average molecular weight is 255 g/mol. The predicted octanol–water partition coefficient (Wildman–Crippen LogP) is 2.40. The number of aryl methyl sites for hydroxylation is 1. The van der Waals surface area contributed by atoms with Crippen molar-refractivity contribution in [1.29, 1.82) is 0 Å². The Morgan fingerprint density at radius 3 is 3.05 bits per heavy atom. The summed E-state index contributed by atoms with van der Waals surface area (Å²) >= 11 is 0. The van der Waals surface area contributed by atoms with Crippen LogP contribution in [-0.4, -0.2) is 16.2 Å². The van der Waals surface area contributed by atoms with Gasteiger partial charge in [-0.2, -0.15) is 0 Å². The van der Waals surface area contributed by atoms with Crippen molar-refractivity contribution in [3.05, 3.63) is 29.6 Å². The standard InChI is InChI=1S/C15H17N3O/c16-15-14(17-13-3-1-2-7-18(13)15)11-4-5-12-10(9-11)6-8-19-12/h4-5,9H,1-3,6-8,16H2. The van der Waals surface area contributed by atoms with E-state index in [1.165, 1.54) is 18.4 Å². The number of rotatable bonds is 1. The monoisotopic (exact) mass is 255 g/mol. The molecule has 4 rings (SSSR count). The van der Waals surface area contributed by atoms with Gasteiger partial charge in [0, 0.05) is 24.9 Å². The number of ether oxygens (including phenoxy) is 1. The van der Waals surface area contributed by atoms with E-state index in [1.807, 2.05) is 6.07 Å². The number of hydrogen-bond donors (Lipinski definition) is 1. The molecular weight excluding hydrogens is 238 g/mol. The van der Waals surface area contributed by atoms with Crippen LogP contribution in [0.3, 0.4) is 0 Å². The number of aromatic nitrogens is 2. The summed E-state index contributed by atoms with van der Waals surface area (Å²) in [5, 5.41) is 0. The minimum absolute atomic E-state index is 0.786. The molecule has 4 heteroatoms. The van der Waals surface area contributed by atoms with Gasteiger partial charge < -0.3 is 15.0 Å². The molecule has 0 atom stereocenters. The van der Waals surface area contributed by atoms with Crippen LogP contribution in [0.4, 0.5) is 5.82 Å². The van der Waals surface area contributed by atoms with Crippen LogP contribution in [0.2, 0.25) is 0 Å². The molecule has 2 aliphatic rings. The molecule has 0 amide bonds. The zero-order valence-corrected chi connectivity index (χ0v) is 10.9. The summed E-state index contributed by atoms with van der Waals surface area (Å²) in [6, 6.07) is 6.28. The fourth-order valence-corrected chi connectivity index (χ4v) is 3.05. The van der Waals surface area contributed by atoms with Crippen LogP contribution in [0.15, 0.2) is 18.2 Å². The van der Waals surface area contributed by atoms with E-state index in [0.717, 1.165) is 54.6 Å². The van der Waals surface area contributed by atoms with E-state index in [4.69, 9.17) is 15.5 Å². The Morgan fingerprint density at radius 2 is 2.16 bits per heavy atom. The summed E-state index contributed by atoms with van der Waals surface area (Å²) in [5.41, 5.74) is 9.59. The first-order valence-corrected chi connectivity index (χ1v) is 6.94. The van der Waals surface area contributed by atoms with Crippen LogP contribution in [0.5, 0.6) is 5.75 Å². The molecule has 4 nitrogen and oxygen atoms in total. The lowest BCUT2D eigenvalue weighted by Gasteiger charge is -2.14. The highest BCUT2D eigenvalue weighted by Gasteiger charge is 2.20. The number of imidazole rings is 1. The fraction of sp³-hybridized carbons (Fsp3) is 0.400. The molecule has 3 heterocycles. The molecular formula is C15H17N3O. The Labute approximate surface area is 112 Å². The Morgan fingerprint density at radius 1 is 1.21 bits per heavy atom. The van der Waals surface area contributed by atoms with Gasteiger partial charge in [0.05, 0.1) is 6.61 Å². The summed E-state index contributed by atoms with van der Waals surface area (Å²) in [6.45, 7) is 1.79. The third kappa shape index (κ3) is 1.63. The van der Waals surface area contributed by atoms with Gasteiger partial charge in [0.15, 0.2) is 0 Å². The molecule has 19 heavy (non-hydrogen) atoms. The third-order valence-electron chi connectivity index (χ3n) is 4.08. The van der Waals surface area contributed by atoms with Crippen LogP contribution in [0.25, 0.3) is 11.3 Å². The highest BCUT2D eigenvalue weighted by Crippen LogP contribution is 2.34. The molecule has 0 radical (unpaired) electrons. The number of nitrogen functional groups attached to an aromatic ring is 1. The van der Waals surface area contributed by atoms with Crippen LogP contribution >= 0.6 is 0 Å². The lowest BCUT2D eigenvalue weighted by Crippen LogP contribution is -2.12. The van der Waals surface area contributed by atoms with Crippen LogP contribution in [-0.2, 0) is 19.4 Å². The van der Waals surface area contributed by atoms with Gasteiger partial charge in [0.1, 0.15) is 23.1 Å². The molecule has 1 aromatic heterocycles. The second-order valence-electron chi connectivity index (χ2n) is 5.29. The quantitative estimate of drug-likeness (QED) is 0.851. The van der Waals surface area contributed by atoms with E-state index in [9.17, 15) is 0 Å². The van der Waals surface area contributed by atoms with E-state index in [-0.39, 0.29) is 0 Å². The van der Waals surface area contributed by atoms with Gasteiger partial charge in [0.2, 0.25) is 0 Å². The lowest BCUT2D eigenvalue weighted by atomic mass is 10.1. The summed E-state index contributed by atoms with van der Waals surface area (Å²) in [5.74, 6) is 2.95. The molecule has 2 aromatic rings. The van der Waals surface area contributed by atoms with Crippen molar-refractivity contribution in [1.82, 2.24) is 9.55 Å². The first-order chi connectivity index (χ1) is 9.33. The molecule has 98 valence electrons. The number of fused-ring (bicyclic) bond motifs is 2. The lowest BCUT2D eigenvalue weighted by molar-refractivity contribution is 0.357. The Kier molecular flexibility index (Phi) is 2.31. The smallest absolute Gasteiger partial charge is 0.131 e. The fourth-order valence-electron chi connectivity index (χ4n) is 3.05. The highest BCUT2D eigenvalue weighted by atomic mass is 16.5. The summed E-state index contributed by atoms with van der Waals surface area (Å²) in [4.78, 5) is 4.74. The first kappa shape index (κ1) is 10.9. The molecule has 1 aromatic carbocycles. The number of anilines is 1. The van der Waals surface area contributed by atoms with Crippen LogP contribution in [0.1, 0.15) is 24.2 Å². The molecule has 0 saturated carbocycles. The van der Waals surface area contributed by atoms with Gasteiger partial charge in [-0.1, -0.05) is 0 Å². The molecule has 0 fully saturated rings. The van der Waals surface area contributed by atoms with E-state index in [2.05, 4.69) is 16.7 Å². The van der Waals surface area contributed by atoms with Gasteiger partial charge in [-0.3, -0.25) is 0 Å². The van der Waals surface area contributed by atoms with E-state index in [0.29, 0.717) is 0 Å². The Bertz CT molecular complexity index is 645. The van der Waals surface area contributed by atoms with Gasteiger partial charge in [-0.15, -0.1) is 0 Å². The van der Waals surface area contributed by atoms with Crippen LogP contribution in [0, 0.1) is 0 Å². The third-order valence-corrected chi connectivity index (χ3v) is 4.08. The van der Waals surface area contributed by atoms with Crippen molar-refractivity contribution in [2.45, 2.75) is 32.2 Å². The zero-order valence-electron chi connectivity index (χ0n) is 10.9. The van der Waals surface area contributed by atoms with Gasteiger partial charge in [-0.25, -0.2) is 4.98 Å². The molecule has 2 N–H and O–H groups in total. The number of nitrogens with two attached hydrogens (primary N) is 1. The molecule has 0 aliphatic carbocycles. The molecule has 2 aliphatic heterocycles. The normalized spacial score (nSPS) is 16.8. The predicted molar refractivity (Wildman–Crippen MR) is 74.2 cm³/mol. The number of hydrogen-bond acceptors (Lipinski definition) is 3. The molecule has 0 bridgehead atoms. The summed E-state index contributed by atoms with van der Waals surface area (Å²) in [6.07, 6.45) is 4.44. The second-order valence-corrected chi connectivity index (χ2v) is 5.29. The minimum atomic E-state index is 0.786. The maximum atomic E-state index is 6.27. The summed E-state index contributed by atoms with van der Waals surface area (Å²) < 4.78 is 7.71. The number of benzene rings is 1. The van der Waals surface area contributed by atoms with Gasteiger partial charge in [-0.05, 0) is 36.6 Å². The minimum Gasteiger partial charge on any atom is -0.493 e. The van der Waals surface area contributed by atoms with E-state index >= 15 is 0 Å². The second kappa shape index (κ2) is 4.02. The average Bonchev–Trinajstić information content (AvgIpc) is 3.03. The largest absolute Gasteiger partial charge is 0.493 e. The van der Waals surface area contributed by atoms with Gasteiger partial charge in [0.25, 0.3) is 0 Å². The molecule has 0 spiro atoms. The topological polar surface area (TPSA) is 53.1 Å².